The van der Waals surface area contributed by atoms with Crippen molar-refractivity contribution in [3.63, 3.8) is 0 Å². The number of urea groups is 1. The van der Waals surface area contributed by atoms with Gasteiger partial charge in [0.1, 0.15) is 0 Å². The van der Waals surface area contributed by atoms with Gasteiger partial charge in [0.05, 0.1) is 7.11 Å². The number of guanidine groups is 1. The molecule has 7 nitrogen and oxygen atoms in total. The second kappa shape index (κ2) is 6.32. The number of nitrogens with one attached hydrogen (secondary N) is 1. The van der Waals surface area contributed by atoms with Gasteiger partial charge in [-0.1, -0.05) is 6.42 Å². The van der Waals surface area contributed by atoms with Crippen LogP contribution in [0.1, 0.15) is 25.7 Å². The maximum atomic E-state index is 12.1. The molecule has 3 atom stereocenters. The van der Waals surface area contributed by atoms with E-state index in [1.807, 2.05) is 0 Å². The minimum Gasteiger partial charge on any atom is -0.452 e. The predicted octanol–water partition coefficient (Wildman–Crippen LogP) is 1.50. The predicted molar refractivity (Wildman–Crippen MR) is 79.1 cm³/mol. The largest absolute Gasteiger partial charge is 0.452 e. The van der Waals surface area contributed by atoms with E-state index in [0.717, 1.165) is 12.3 Å². The zero-order chi connectivity index (χ0) is 15.6. The van der Waals surface area contributed by atoms with Crippen molar-refractivity contribution >= 4 is 18.1 Å². The Kier molecular flexibility index (Phi) is 4.69. The summed E-state index contributed by atoms with van der Waals surface area (Å²) in [7, 11) is 6.27. The lowest BCUT2D eigenvalue weighted by molar-refractivity contribution is 0.149. The Bertz CT molecular complexity index is 450. The molecule has 2 saturated carbocycles. The molecule has 0 aromatic rings. The first-order valence-corrected chi connectivity index (χ1v) is 7.30. The number of carbonyl (C=O) groups excluding carboxylic acids is 2. The van der Waals surface area contributed by atoms with Gasteiger partial charge in [-0.15, -0.1) is 0 Å². The van der Waals surface area contributed by atoms with Crippen LogP contribution in [-0.4, -0.2) is 62.2 Å². The molecule has 0 heterocycles. The van der Waals surface area contributed by atoms with Crippen LogP contribution in [-0.2, 0) is 4.74 Å². The highest BCUT2D eigenvalue weighted by molar-refractivity contribution is 5.99. The molecule has 7 heteroatoms. The Morgan fingerprint density at radius 3 is 2.38 bits per heavy atom. The average Bonchev–Trinajstić information content (AvgIpc) is 3.05. The van der Waals surface area contributed by atoms with E-state index in [2.05, 4.69) is 15.0 Å². The highest BCUT2D eigenvalue weighted by atomic mass is 16.5. The Morgan fingerprint density at radius 2 is 1.90 bits per heavy atom. The van der Waals surface area contributed by atoms with Crippen molar-refractivity contribution in [2.24, 2.45) is 16.8 Å². The average molecular weight is 296 g/mol. The Morgan fingerprint density at radius 1 is 1.19 bits per heavy atom. The first-order chi connectivity index (χ1) is 9.92. The molecule has 1 N–H and O–H groups in total. The van der Waals surface area contributed by atoms with Crippen molar-refractivity contribution in [3.8, 4) is 0 Å². The molecule has 0 saturated heterocycles. The number of rotatable bonds is 1. The lowest BCUT2D eigenvalue weighted by Gasteiger charge is -2.25. The lowest BCUT2D eigenvalue weighted by Crippen LogP contribution is -2.44. The number of methoxy groups -OCH3 is 1. The lowest BCUT2D eigenvalue weighted by atomic mass is 9.95. The van der Waals surface area contributed by atoms with Crippen molar-refractivity contribution < 1.29 is 14.3 Å². The molecule has 118 valence electrons. The summed E-state index contributed by atoms with van der Waals surface area (Å²) in [4.78, 5) is 30.5. The normalized spacial score (nSPS) is 27.4. The summed E-state index contributed by atoms with van der Waals surface area (Å²) >= 11 is 0. The van der Waals surface area contributed by atoms with E-state index in [4.69, 9.17) is 0 Å². The molecule has 0 spiro atoms. The van der Waals surface area contributed by atoms with Gasteiger partial charge in [0.25, 0.3) is 0 Å². The first kappa shape index (κ1) is 15.6. The van der Waals surface area contributed by atoms with Gasteiger partial charge in [-0.25, -0.2) is 9.59 Å². The van der Waals surface area contributed by atoms with Crippen LogP contribution in [0.2, 0.25) is 0 Å². The zero-order valence-electron chi connectivity index (χ0n) is 13.1. The summed E-state index contributed by atoms with van der Waals surface area (Å²) in [5.41, 5.74) is 0. The summed E-state index contributed by atoms with van der Waals surface area (Å²) in [6.45, 7) is 0. The van der Waals surface area contributed by atoms with Crippen molar-refractivity contribution in [2.45, 2.75) is 31.7 Å². The second-order valence-electron chi connectivity index (χ2n) is 6.07. The maximum absolute atomic E-state index is 12.1. The van der Waals surface area contributed by atoms with Crippen molar-refractivity contribution in [2.75, 3.05) is 28.3 Å². The maximum Gasteiger partial charge on any atom is 0.416 e. The summed E-state index contributed by atoms with van der Waals surface area (Å²) in [6.07, 6.45) is 4.19. The number of fused-ring (bicyclic) bond motifs is 2. The molecule has 2 aliphatic rings. The number of hydrogen-bond donors (Lipinski definition) is 1. The van der Waals surface area contributed by atoms with Crippen LogP contribution in [0.3, 0.4) is 0 Å². The molecule has 3 amide bonds. The zero-order valence-corrected chi connectivity index (χ0v) is 13.1. The number of amides is 3. The standard InChI is InChI=1S/C14H24N4O3/c1-17(2)13(18(3)14(20)21-4)16-12(19)15-11-8-9-5-6-10(11)7-9/h9-11H,5-8H2,1-4H3,(H,15,19)/b16-13+. The van der Waals surface area contributed by atoms with Gasteiger partial charge in [-0.05, 0) is 31.1 Å². The number of hydrogen-bond acceptors (Lipinski definition) is 3. The fraction of sp³-hybridized carbons (Fsp3) is 0.786. The van der Waals surface area contributed by atoms with Crippen molar-refractivity contribution in [3.05, 3.63) is 0 Å². The quantitative estimate of drug-likeness (QED) is 0.588. The van der Waals surface area contributed by atoms with Gasteiger partial charge in [-0.3, -0.25) is 4.90 Å². The van der Waals surface area contributed by atoms with Crippen LogP contribution in [0.25, 0.3) is 0 Å². The van der Waals surface area contributed by atoms with Crippen molar-refractivity contribution in [1.29, 1.82) is 0 Å². The molecule has 0 radical (unpaired) electrons. The highest BCUT2D eigenvalue weighted by Gasteiger charge is 2.40. The van der Waals surface area contributed by atoms with E-state index >= 15 is 0 Å². The molecule has 2 fully saturated rings. The summed E-state index contributed by atoms with van der Waals surface area (Å²) in [6, 6.07) is -0.168. The van der Waals surface area contributed by atoms with Gasteiger partial charge in [-0.2, -0.15) is 4.99 Å². The van der Waals surface area contributed by atoms with Crippen molar-refractivity contribution in [1.82, 2.24) is 15.1 Å². The molecule has 3 unspecified atom stereocenters. The number of ether oxygens (including phenoxy) is 1. The minimum atomic E-state index is -0.560. The monoisotopic (exact) mass is 296 g/mol. The molecule has 0 aromatic heterocycles. The van der Waals surface area contributed by atoms with Crippen LogP contribution >= 0.6 is 0 Å². The minimum absolute atomic E-state index is 0.229. The number of nitrogens with zero attached hydrogens (tertiary/aromatic N) is 3. The van der Waals surface area contributed by atoms with Gasteiger partial charge in [0.2, 0.25) is 5.96 Å². The highest BCUT2D eigenvalue weighted by Crippen LogP contribution is 2.44. The van der Waals surface area contributed by atoms with E-state index in [1.165, 1.54) is 38.3 Å². The third-order valence-corrected chi connectivity index (χ3v) is 4.40. The summed E-state index contributed by atoms with van der Waals surface area (Å²) in [5.74, 6) is 1.60. The van der Waals surface area contributed by atoms with Gasteiger partial charge < -0.3 is 15.0 Å². The van der Waals surface area contributed by atoms with E-state index in [1.54, 1.807) is 19.0 Å². The van der Waals surface area contributed by atoms with Crippen LogP contribution in [0, 0.1) is 11.8 Å². The summed E-state index contributed by atoms with van der Waals surface area (Å²) < 4.78 is 4.65. The third-order valence-electron chi connectivity index (χ3n) is 4.40. The first-order valence-electron chi connectivity index (χ1n) is 7.30. The summed E-state index contributed by atoms with van der Waals surface area (Å²) in [5, 5.41) is 2.98. The topological polar surface area (TPSA) is 74.2 Å². The molecule has 0 aromatic carbocycles. The third kappa shape index (κ3) is 3.46. The molecule has 21 heavy (non-hydrogen) atoms. The smallest absolute Gasteiger partial charge is 0.416 e. The van der Waals surface area contributed by atoms with Gasteiger partial charge in [0, 0.05) is 27.2 Å². The van der Waals surface area contributed by atoms with E-state index < -0.39 is 12.1 Å². The van der Waals surface area contributed by atoms with Gasteiger partial charge in [0.15, 0.2) is 0 Å². The Balaban J connectivity index is 2.00. The molecule has 0 aliphatic heterocycles. The Labute approximate surface area is 125 Å². The fourth-order valence-electron chi connectivity index (χ4n) is 3.40. The van der Waals surface area contributed by atoms with Crippen LogP contribution in [0.5, 0.6) is 0 Å². The number of aliphatic imine (C=N–C) groups is 1. The molecule has 2 aliphatic carbocycles. The second-order valence-corrected chi connectivity index (χ2v) is 6.07. The van der Waals surface area contributed by atoms with E-state index in [-0.39, 0.29) is 12.0 Å². The Hall–Kier alpha value is -1.79. The van der Waals surface area contributed by atoms with E-state index in [0.29, 0.717) is 5.92 Å². The van der Waals surface area contributed by atoms with E-state index in [9.17, 15) is 9.59 Å². The molecular weight excluding hydrogens is 272 g/mol. The van der Waals surface area contributed by atoms with Crippen LogP contribution < -0.4 is 5.32 Å². The van der Waals surface area contributed by atoms with Crippen LogP contribution in [0.4, 0.5) is 9.59 Å². The van der Waals surface area contributed by atoms with Crippen LogP contribution in [0.15, 0.2) is 4.99 Å². The SMILES string of the molecule is COC(=O)N(C)/C(=N/C(=O)NC1CC2CCC1C2)N(C)C. The number of carbonyl (C=O) groups is 2. The fourth-order valence-corrected chi connectivity index (χ4v) is 3.40. The molecular formula is C14H24N4O3. The molecule has 2 bridgehead atoms. The van der Waals surface area contributed by atoms with Gasteiger partial charge >= 0.3 is 12.1 Å². The molecule has 2 rings (SSSR count).